The van der Waals surface area contributed by atoms with Crippen molar-refractivity contribution in [1.29, 1.82) is 0 Å². The molecular weight excluding hydrogens is 224 g/mol. The summed E-state index contributed by atoms with van der Waals surface area (Å²) in [5, 5.41) is 13.1. The maximum atomic E-state index is 9.57. The SMILES string of the molecule is CCNCC(C)(CC)CN1CCCCCC1CO. The van der Waals surface area contributed by atoms with Gasteiger partial charge < -0.3 is 10.4 Å². The van der Waals surface area contributed by atoms with Gasteiger partial charge in [-0.15, -0.1) is 0 Å². The zero-order valence-electron chi connectivity index (χ0n) is 12.5. The number of likely N-dealkylation sites (tertiary alicyclic amines) is 1. The molecule has 108 valence electrons. The molecule has 1 saturated heterocycles. The van der Waals surface area contributed by atoms with Crippen LogP contribution in [0.25, 0.3) is 0 Å². The first-order valence-electron chi connectivity index (χ1n) is 7.71. The molecule has 1 rings (SSSR count). The highest BCUT2D eigenvalue weighted by Crippen LogP contribution is 2.26. The molecule has 1 aliphatic heterocycles. The van der Waals surface area contributed by atoms with Crippen molar-refractivity contribution >= 4 is 0 Å². The quantitative estimate of drug-likeness (QED) is 0.733. The molecule has 0 bridgehead atoms. The van der Waals surface area contributed by atoms with Crippen LogP contribution in [0.15, 0.2) is 0 Å². The number of nitrogens with zero attached hydrogens (tertiary/aromatic N) is 1. The number of hydrogen-bond donors (Lipinski definition) is 2. The minimum absolute atomic E-state index is 0.320. The third-order valence-corrected chi connectivity index (χ3v) is 4.45. The van der Waals surface area contributed by atoms with Gasteiger partial charge in [-0.3, -0.25) is 4.90 Å². The summed E-state index contributed by atoms with van der Waals surface area (Å²) >= 11 is 0. The molecule has 0 aliphatic carbocycles. The zero-order chi connectivity index (χ0) is 13.4. The van der Waals surface area contributed by atoms with E-state index in [-0.39, 0.29) is 0 Å². The van der Waals surface area contributed by atoms with Crippen LogP contribution >= 0.6 is 0 Å². The maximum absolute atomic E-state index is 9.57. The van der Waals surface area contributed by atoms with Crippen LogP contribution in [-0.2, 0) is 0 Å². The largest absolute Gasteiger partial charge is 0.395 e. The lowest BCUT2D eigenvalue weighted by Crippen LogP contribution is -2.47. The molecule has 0 spiro atoms. The summed E-state index contributed by atoms with van der Waals surface area (Å²) in [5.74, 6) is 0. The smallest absolute Gasteiger partial charge is 0.0586 e. The van der Waals surface area contributed by atoms with Crippen molar-refractivity contribution in [2.24, 2.45) is 5.41 Å². The number of hydrogen-bond acceptors (Lipinski definition) is 3. The normalized spacial score (nSPS) is 25.7. The highest BCUT2D eigenvalue weighted by atomic mass is 16.3. The fourth-order valence-corrected chi connectivity index (χ4v) is 2.86. The zero-order valence-corrected chi connectivity index (χ0v) is 12.5. The minimum Gasteiger partial charge on any atom is -0.395 e. The highest BCUT2D eigenvalue weighted by molar-refractivity contribution is 4.84. The van der Waals surface area contributed by atoms with Gasteiger partial charge in [0.1, 0.15) is 0 Å². The second-order valence-corrected chi connectivity index (χ2v) is 6.10. The van der Waals surface area contributed by atoms with E-state index in [0.29, 0.717) is 18.1 Å². The van der Waals surface area contributed by atoms with Crippen molar-refractivity contribution < 1.29 is 5.11 Å². The van der Waals surface area contributed by atoms with E-state index in [1.54, 1.807) is 0 Å². The van der Waals surface area contributed by atoms with Crippen molar-refractivity contribution in [3.8, 4) is 0 Å². The number of rotatable bonds is 7. The Morgan fingerprint density at radius 2 is 2.06 bits per heavy atom. The molecule has 0 radical (unpaired) electrons. The molecule has 0 aromatic rings. The summed E-state index contributed by atoms with van der Waals surface area (Å²) in [7, 11) is 0. The fraction of sp³-hybridized carbons (Fsp3) is 1.00. The Hall–Kier alpha value is -0.120. The predicted octanol–water partition coefficient (Wildman–Crippen LogP) is 2.25. The summed E-state index contributed by atoms with van der Waals surface area (Å²) in [4.78, 5) is 2.54. The molecule has 0 aromatic heterocycles. The standard InChI is InChI=1S/C15H32N2O/c1-4-15(3,12-16-5-2)13-17-10-8-6-7-9-14(17)11-18/h14,16,18H,4-13H2,1-3H3. The monoisotopic (exact) mass is 256 g/mol. The first-order chi connectivity index (χ1) is 8.65. The minimum atomic E-state index is 0.320. The summed E-state index contributed by atoms with van der Waals surface area (Å²) in [6.07, 6.45) is 6.24. The Labute approximate surface area is 113 Å². The molecule has 3 nitrogen and oxygen atoms in total. The molecule has 18 heavy (non-hydrogen) atoms. The van der Waals surface area contributed by atoms with Crippen LogP contribution in [0.4, 0.5) is 0 Å². The summed E-state index contributed by atoms with van der Waals surface area (Å²) in [6, 6.07) is 0.389. The Balaban J connectivity index is 2.58. The van der Waals surface area contributed by atoms with E-state index >= 15 is 0 Å². The van der Waals surface area contributed by atoms with Gasteiger partial charge in [0.2, 0.25) is 0 Å². The molecule has 1 heterocycles. The van der Waals surface area contributed by atoms with Gasteiger partial charge in [0, 0.05) is 19.1 Å². The topological polar surface area (TPSA) is 35.5 Å². The summed E-state index contributed by atoms with van der Waals surface area (Å²) < 4.78 is 0. The van der Waals surface area contributed by atoms with Crippen molar-refractivity contribution in [2.45, 2.75) is 58.9 Å². The van der Waals surface area contributed by atoms with Crippen LogP contribution in [0.1, 0.15) is 52.9 Å². The molecule has 1 fully saturated rings. The van der Waals surface area contributed by atoms with E-state index in [9.17, 15) is 5.11 Å². The van der Waals surface area contributed by atoms with Gasteiger partial charge >= 0.3 is 0 Å². The molecule has 2 unspecified atom stereocenters. The Kier molecular flexibility index (Phi) is 7.20. The molecule has 0 amide bonds. The van der Waals surface area contributed by atoms with Crippen LogP contribution in [0.3, 0.4) is 0 Å². The average molecular weight is 256 g/mol. The lowest BCUT2D eigenvalue weighted by Gasteiger charge is -2.38. The molecule has 0 saturated carbocycles. The van der Waals surface area contributed by atoms with Crippen molar-refractivity contribution in [2.75, 3.05) is 32.8 Å². The highest BCUT2D eigenvalue weighted by Gasteiger charge is 2.29. The van der Waals surface area contributed by atoms with Crippen LogP contribution in [0.5, 0.6) is 0 Å². The number of nitrogens with one attached hydrogen (secondary N) is 1. The predicted molar refractivity (Wildman–Crippen MR) is 77.9 cm³/mol. The van der Waals surface area contributed by atoms with Gasteiger partial charge in [0.25, 0.3) is 0 Å². The number of aliphatic hydroxyl groups is 1. The Morgan fingerprint density at radius 1 is 1.28 bits per heavy atom. The Bertz CT molecular complexity index is 223. The van der Waals surface area contributed by atoms with E-state index in [2.05, 4.69) is 31.0 Å². The van der Waals surface area contributed by atoms with E-state index in [0.717, 1.165) is 32.6 Å². The third kappa shape index (κ3) is 4.87. The van der Waals surface area contributed by atoms with E-state index < -0.39 is 0 Å². The van der Waals surface area contributed by atoms with Gasteiger partial charge in [0.05, 0.1) is 6.61 Å². The van der Waals surface area contributed by atoms with Gasteiger partial charge in [-0.1, -0.05) is 33.6 Å². The van der Waals surface area contributed by atoms with E-state index in [1.807, 2.05) is 0 Å². The van der Waals surface area contributed by atoms with E-state index in [1.165, 1.54) is 25.7 Å². The average Bonchev–Trinajstić information content (AvgIpc) is 2.61. The molecular formula is C15H32N2O. The molecule has 2 atom stereocenters. The third-order valence-electron chi connectivity index (χ3n) is 4.45. The lowest BCUT2D eigenvalue weighted by molar-refractivity contribution is 0.0781. The van der Waals surface area contributed by atoms with Crippen molar-refractivity contribution in [3.05, 3.63) is 0 Å². The lowest BCUT2D eigenvalue weighted by atomic mass is 9.86. The molecule has 3 heteroatoms. The first-order valence-corrected chi connectivity index (χ1v) is 7.71. The van der Waals surface area contributed by atoms with Gasteiger partial charge in [0.15, 0.2) is 0 Å². The van der Waals surface area contributed by atoms with Crippen LogP contribution in [-0.4, -0.2) is 48.8 Å². The second-order valence-electron chi connectivity index (χ2n) is 6.10. The second kappa shape index (κ2) is 8.13. The van der Waals surface area contributed by atoms with E-state index in [4.69, 9.17) is 0 Å². The van der Waals surface area contributed by atoms with Gasteiger partial charge in [-0.2, -0.15) is 0 Å². The van der Waals surface area contributed by atoms with Crippen LogP contribution < -0.4 is 5.32 Å². The van der Waals surface area contributed by atoms with Gasteiger partial charge in [-0.25, -0.2) is 0 Å². The fourth-order valence-electron chi connectivity index (χ4n) is 2.86. The summed E-state index contributed by atoms with van der Waals surface area (Å²) in [6.45, 7) is 11.5. The first kappa shape index (κ1) is 15.9. The van der Waals surface area contributed by atoms with Crippen molar-refractivity contribution in [3.63, 3.8) is 0 Å². The molecule has 0 aromatic carbocycles. The Morgan fingerprint density at radius 3 is 2.67 bits per heavy atom. The van der Waals surface area contributed by atoms with Crippen LogP contribution in [0.2, 0.25) is 0 Å². The summed E-state index contributed by atoms with van der Waals surface area (Å²) in [5.41, 5.74) is 0.327. The maximum Gasteiger partial charge on any atom is 0.0586 e. The number of aliphatic hydroxyl groups excluding tert-OH is 1. The van der Waals surface area contributed by atoms with Gasteiger partial charge in [-0.05, 0) is 37.8 Å². The molecule has 1 aliphatic rings. The molecule has 2 N–H and O–H groups in total. The van der Waals surface area contributed by atoms with Crippen molar-refractivity contribution in [1.82, 2.24) is 10.2 Å². The van der Waals surface area contributed by atoms with Crippen LogP contribution in [0, 0.1) is 5.41 Å².